The van der Waals surface area contributed by atoms with Gasteiger partial charge >= 0.3 is 0 Å². The maximum Gasteiger partial charge on any atom is 0.138 e. The number of hydrogen-bond acceptors (Lipinski definition) is 3. The lowest BCUT2D eigenvalue weighted by Gasteiger charge is -2.33. The van der Waals surface area contributed by atoms with Crippen molar-refractivity contribution in [3.05, 3.63) is 64.7 Å². The molecule has 0 radical (unpaired) electrons. The van der Waals surface area contributed by atoms with Gasteiger partial charge in [-0.15, -0.1) is 11.8 Å². The van der Waals surface area contributed by atoms with Gasteiger partial charge in [0.25, 0.3) is 0 Å². The third-order valence-electron chi connectivity index (χ3n) is 3.65. The van der Waals surface area contributed by atoms with Crippen LogP contribution in [0.1, 0.15) is 17.2 Å². The van der Waals surface area contributed by atoms with Crippen molar-refractivity contribution in [2.45, 2.75) is 17.1 Å². The van der Waals surface area contributed by atoms with Gasteiger partial charge in [0.05, 0.1) is 10.3 Å². The molecule has 1 aliphatic heterocycles. The highest BCUT2D eigenvalue weighted by molar-refractivity contribution is 7.99. The van der Waals surface area contributed by atoms with Gasteiger partial charge in [0.15, 0.2) is 0 Å². The second-order valence-corrected chi connectivity index (χ2v) is 6.71. The fourth-order valence-corrected chi connectivity index (χ4v) is 4.11. The van der Waals surface area contributed by atoms with Crippen LogP contribution in [0.25, 0.3) is 0 Å². The molecule has 0 saturated carbocycles. The normalized spacial score (nSPS) is 20.9. The van der Waals surface area contributed by atoms with Crippen LogP contribution in [0.2, 0.25) is 5.02 Å². The van der Waals surface area contributed by atoms with Crippen molar-refractivity contribution in [1.29, 1.82) is 0 Å². The summed E-state index contributed by atoms with van der Waals surface area (Å²) in [4.78, 5) is 0. The molecule has 0 bridgehead atoms. The molecule has 2 atom stereocenters. The van der Waals surface area contributed by atoms with Crippen LogP contribution in [0.3, 0.4) is 0 Å². The van der Waals surface area contributed by atoms with Gasteiger partial charge < -0.3 is 10.1 Å². The largest absolute Gasteiger partial charge is 0.483 e. The summed E-state index contributed by atoms with van der Waals surface area (Å²) in [6.07, 6.45) is 0.0206. The van der Waals surface area contributed by atoms with Crippen LogP contribution in [0, 0.1) is 0 Å². The Labute approximate surface area is 134 Å². The molecule has 0 aromatic heterocycles. The van der Waals surface area contributed by atoms with E-state index in [1.165, 1.54) is 11.1 Å². The maximum absolute atomic E-state index is 6.28. The number of rotatable bonds is 4. The fraction of sp³-hybridized carbons (Fsp3) is 0.294. The molecular weight excluding hydrogens is 302 g/mol. The summed E-state index contributed by atoms with van der Waals surface area (Å²) in [5.41, 5.74) is 2.63. The highest BCUT2D eigenvalue weighted by Gasteiger charge is 2.31. The third-order valence-corrected chi connectivity index (χ3v) is 5.28. The Morgan fingerprint density at radius 1 is 1.19 bits per heavy atom. The van der Waals surface area contributed by atoms with Gasteiger partial charge in [-0.3, -0.25) is 0 Å². The number of benzene rings is 2. The summed E-state index contributed by atoms with van der Waals surface area (Å²) in [6, 6.07) is 16.2. The smallest absolute Gasteiger partial charge is 0.138 e. The first-order valence-corrected chi connectivity index (χ1v) is 8.47. The van der Waals surface area contributed by atoms with E-state index >= 15 is 0 Å². The predicted molar refractivity (Wildman–Crippen MR) is 90.3 cm³/mol. The van der Waals surface area contributed by atoms with E-state index in [1.807, 2.05) is 43.1 Å². The molecule has 0 fully saturated rings. The van der Waals surface area contributed by atoms with Crippen LogP contribution in [-0.2, 0) is 5.75 Å². The topological polar surface area (TPSA) is 21.3 Å². The van der Waals surface area contributed by atoms with Crippen LogP contribution in [-0.4, -0.2) is 18.8 Å². The lowest BCUT2D eigenvalue weighted by atomic mass is 10.00. The quantitative estimate of drug-likeness (QED) is 0.908. The van der Waals surface area contributed by atoms with Crippen molar-refractivity contribution in [3.63, 3.8) is 0 Å². The lowest BCUT2D eigenvalue weighted by molar-refractivity contribution is 0.198. The van der Waals surface area contributed by atoms with Gasteiger partial charge in [-0.05, 0) is 30.3 Å². The van der Waals surface area contributed by atoms with Crippen LogP contribution in [0.15, 0.2) is 48.5 Å². The molecule has 4 heteroatoms. The van der Waals surface area contributed by atoms with E-state index in [0.717, 1.165) is 18.0 Å². The molecule has 1 aliphatic rings. The van der Waals surface area contributed by atoms with E-state index in [4.69, 9.17) is 16.3 Å². The number of para-hydroxylation sites is 1. The molecule has 1 N–H and O–H groups in total. The summed E-state index contributed by atoms with van der Waals surface area (Å²) >= 11 is 8.18. The lowest BCUT2D eigenvalue weighted by Crippen LogP contribution is -2.33. The van der Waals surface area contributed by atoms with Crippen molar-refractivity contribution >= 4 is 23.4 Å². The SMILES string of the molecule is CNC[C@@H]1SCc2ccccc2[C@@H]1Oc1ccccc1Cl. The minimum absolute atomic E-state index is 0.0206. The summed E-state index contributed by atoms with van der Waals surface area (Å²) in [7, 11) is 1.98. The first-order chi connectivity index (χ1) is 10.3. The number of hydrogen-bond donors (Lipinski definition) is 1. The Balaban J connectivity index is 1.93. The molecule has 0 saturated heterocycles. The molecular formula is C17H18ClNOS. The summed E-state index contributed by atoms with van der Waals surface area (Å²) in [5.74, 6) is 1.79. The van der Waals surface area contributed by atoms with Crippen molar-refractivity contribution < 1.29 is 4.74 Å². The molecule has 2 aromatic rings. The van der Waals surface area contributed by atoms with Gasteiger partial charge in [-0.25, -0.2) is 0 Å². The molecule has 0 aliphatic carbocycles. The highest BCUT2D eigenvalue weighted by atomic mass is 35.5. The van der Waals surface area contributed by atoms with Gasteiger partial charge in [-0.1, -0.05) is 48.0 Å². The third kappa shape index (κ3) is 3.20. The Bertz CT molecular complexity index is 619. The van der Waals surface area contributed by atoms with Gasteiger partial charge in [0.1, 0.15) is 11.9 Å². The van der Waals surface area contributed by atoms with Crippen LogP contribution < -0.4 is 10.1 Å². The molecule has 0 spiro atoms. The molecule has 110 valence electrons. The Kier molecular flexibility index (Phi) is 4.73. The molecule has 1 heterocycles. The number of ether oxygens (including phenoxy) is 1. The van der Waals surface area contributed by atoms with Crippen LogP contribution in [0.5, 0.6) is 5.75 Å². The minimum atomic E-state index is 0.0206. The van der Waals surface area contributed by atoms with E-state index in [-0.39, 0.29) is 6.10 Å². The van der Waals surface area contributed by atoms with Crippen molar-refractivity contribution in [1.82, 2.24) is 5.32 Å². The van der Waals surface area contributed by atoms with E-state index in [1.54, 1.807) is 0 Å². The zero-order valence-electron chi connectivity index (χ0n) is 11.9. The zero-order chi connectivity index (χ0) is 14.7. The van der Waals surface area contributed by atoms with Crippen LogP contribution in [0.4, 0.5) is 0 Å². The minimum Gasteiger partial charge on any atom is -0.483 e. The van der Waals surface area contributed by atoms with Crippen molar-refractivity contribution in [3.8, 4) is 5.75 Å². The number of halogens is 1. The predicted octanol–water partition coefficient (Wildman–Crippen LogP) is 4.29. The summed E-state index contributed by atoms with van der Waals surface area (Å²) < 4.78 is 6.28. The Morgan fingerprint density at radius 3 is 2.76 bits per heavy atom. The first kappa shape index (κ1) is 14.8. The maximum atomic E-state index is 6.28. The van der Waals surface area contributed by atoms with Gasteiger partial charge in [0, 0.05) is 12.3 Å². The number of nitrogens with one attached hydrogen (secondary N) is 1. The molecule has 2 aromatic carbocycles. The fourth-order valence-electron chi connectivity index (χ4n) is 2.61. The molecule has 3 rings (SSSR count). The molecule has 0 amide bonds. The number of fused-ring (bicyclic) bond motifs is 1. The Morgan fingerprint density at radius 2 is 1.95 bits per heavy atom. The second-order valence-electron chi connectivity index (χ2n) is 5.07. The second kappa shape index (κ2) is 6.73. The summed E-state index contributed by atoms with van der Waals surface area (Å²) in [5, 5.41) is 4.30. The molecule has 2 nitrogen and oxygen atoms in total. The average molecular weight is 320 g/mol. The standard InChI is InChI=1S/C17H18ClNOS/c1-19-10-16-17(20-15-9-5-4-8-14(15)18)13-7-3-2-6-12(13)11-21-16/h2-9,16-17,19H,10-11H2,1H3/t16-,17-/m0/s1. The zero-order valence-corrected chi connectivity index (χ0v) is 13.5. The first-order valence-electron chi connectivity index (χ1n) is 7.05. The average Bonchev–Trinajstić information content (AvgIpc) is 2.52. The van der Waals surface area contributed by atoms with Crippen LogP contribution >= 0.6 is 23.4 Å². The van der Waals surface area contributed by atoms with Crippen molar-refractivity contribution in [2.24, 2.45) is 0 Å². The highest BCUT2D eigenvalue weighted by Crippen LogP contribution is 2.41. The van der Waals surface area contributed by atoms with Crippen molar-refractivity contribution in [2.75, 3.05) is 13.6 Å². The van der Waals surface area contributed by atoms with E-state index in [9.17, 15) is 0 Å². The Hall–Kier alpha value is -1.16. The molecule has 21 heavy (non-hydrogen) atoms. The summed E-state index contributed by atoms with van der Waals surface area (Å²) in [6.45, 7) is 0.911. The van der Waals surface area contributed by atoms with Gasteiger partial charge in [0.2, 0.25) is 0 Å². The number of thioether (sulfide) groups is 1. The van der Waals surface area contributed by atoms with Gasteiger partial charge in [-0.2, -0.15) is 0 Å². The monoisotopic (exact) mass is 319 g/mol. The van der Waals surface area contributed by atoms with E-state index < -0.39 is 0 Å². The molecule has 0 unspecified atom stereocenters. The van der Waals surface area contributed by atoms with E-state index in [2.05, 4.69) is 29.6 Å². The van der Waals surface area contributed by atoms with E-state index in [0.29, 0.717) is 10.3 Å².